The Balaban J connectivity index is 2.20. The van der Waals surface area contributed by atoms with Crippen LogP contribution in [0.1, 0.15) is 24.4 Å². The molecule has 5 heteroatoms. The van der Waals surface area contributed by atoms with Crippen molar-refractivity contribution in [2.75, 3.05) is 6.61 Å². The molecule has 0 spiro atoms. The molecule has 1 aromatic carbocycles. The van der Waals surface area contributed by atoms with E-state index in [-0.39, 0.29) is 6.04 Å². The van der Waals surface area contributed by atoms with Gasteiger partial charge in [-0.05, 0) is 24.6 Å². The van der Waals surface area contributed by atoms with Gasteiger partial charge >= 0.3 is 0 Å². The highest BCUT2D eigenvalue weighted by atomic mass is 16.5. The number of nitrogens with zero attached hydrogens (tertiary/aromatic N) is 1. The van der Waals surface area contributed by atoms with Gasteiger partial charge in [-0.3, -0.25) is 5.84 Å². The molecule has 90 valence electrons. The van der Waals surface area contributed by atoms with Crippen molar-refractivity contribution >= 4 is 0 Å². The van der Waals surface area contributed by atoms with Crippen LogP contribution in [0.2, 0.25) is 0 Å². The van der Waals surface area contributed by atoms with Crippen LogP contribution < -0.4 is 16.0 Å². The standard InChI is InChI=1S/C12H16N4O/c1-2-17-10-5-3-9(4-6-10)11(16-13)12-14-7-8-15-12/h3-8,11,16H,2,13H2,1H3,(H,14,15). The SMILES string of the molecule is CCOc1ccc(C(NN)c2ncc[nH]2)cc1. The van der Waals surface area contributed by atoms with Crippen LogP contribution in [0, 0.1) is 0 Å². The molecule has 5 nitrogen and oxygen atoms in total. The Labute approximate surface area is 100.0 Å². The Morgan fingerprint density at radius 1 is 1.41 bits per heavy atom. The van der Waals surface area contributed by atoms with E-state index in [2.05, 4.69) is 15.4 Å². The summed E-state index contributed by atoms with van der Waals surface area (Å²) in [5.74, 6) is 7.19. The van der Waals surface area contributed by atoms with Gasteiger partial charge in [0, 0.05) is 12.4 Å². The highest BCUT2D eigenvalue weighted by molar-refractivity contribution is 5.31. The fourth-order valence-electron chi connectivity index (χ4n) is 1.69. The van der Waals surface area contributed by atoms with Gasteiger partial charge in [0.15, 0.2) is 0 Å². The number of hydrogen-bond donors (Lipinski definition) is 3. The topological polar surface area (TPSA) is 76.0 Å². The Kier molecular flexibility index (Phi) is 3.74. The normalized spacial score (nSPS) is 12.4. The molecule has 2 rings (SSSR count). The number of aromatic nitrogens is 2. The molecule has 0 saturated carbocycles. The van der Waals surface area contributed by atoms with Crippen molar-refractivity contribution in [2.45, 2.75) is 13.0 Å². The summed E-state index contributed by atoms with van der Waals surface area (Å²) in [6.45, 7) is 2.62. The van der Waals surface area contributed by atoms with Gasteiger partial charge in [-0.2, -0.15) is 0 Å². The van der Waals surface area contributed by atoms with Crippen molar-refractivity contribution in [3.8, 4) is 5.75 Å². The van der Waals surface area contributed by atoms with Crippen LogP contribution in [0.4, 0.5) is 0 Å². The van der Waals surface area contributed by atoms with E-state index < -0.39 is 0 Å². The van der Waals surface area contributed by atoms with Crippen molar-refractivity contribution < 1.29 is 4.74 Å². The first-order chi connectivity index (χ1) is 8.35. The molecule has 0 aliphatic carbocycles. The molecule has 2 aromatic rings. The largest absolute Gasteiger partial charge is 0.494 e. The average molecular weight is 232 g/mol. The maximum Gasteiger partial charge on any atom is 0.129 e. The van der Waals surface area contributed by atoms with E-state index in [4.69, 9.17) is 10.6 Å². The molecule has 0 fully saturated rings. The van der Waals surface area contributed by atoms with E-state index in [0.29, 0.717) is 6.61 Å². The molecule has 1 atom stereocenters. The summed E-state index contributed by atoms with van der Waals surface area (Å²) in [7, 11) is 0. The van der Waals surface area contributed by atoms with Crippen LogP contribution >= 0.6 is 0 Å². The van der Waals surface area contributed by atoms with Crippen molar-refractivity contribution in [1.29, 1.82) is 0 Å². The van der Waals surface area contributed by atoms with Crippen LogP contribution in [0.5, 0.6) is 5.75 Å². The number of nitrogens with one attached hydrogen (secondary N) is 2. The molecule has 0 saturated heterocycles. The van der Waals surface area contributed by atoms with Crippen LogP contribution in [-0.2, 0) is 0 Å². The number of H-pyrrole nitrogens is 1. The minimum Gasteiger partial charge on any atom is -0.494 e. The molecule has 1 unspecified atom stereocenters. The van der Waals surface area contributed by atoms with E-state index in [1.807, 2.05) is 31.2 Å². The molecule has 17 heavy (non-hydrogen) atoms. The molecule has 0 amide bonds. The lowest BCUT2D eigenvalue weighted by atomic mass is 10.1. The third-order valence-corrected chi connectivity index (χ3v) is 2.48. The van der Waals surface area contributed by atoms with Crippen molar-refractivity contribution in [1.82, 2.24) is 15.4 Å². The summed E-state index contributed by atoms with van der Waals surface area (Å²) in [4.78, 5) is 7.23. The maximum atomic E-state index is 5.55. The summed E-state index contributed by atoms with van der Waals surface area (Å²) in [6, 6.07) is 7.65. The third kappa shape index (κ3) is 2.64. The molecule has 0 aliphatic rings. The second-order valence-electron chi connectivity index (χ2n) is 3.58. The summed E-state index contributed by atoms with van der Waals surface area (Å²) >= 11 is 0. The second-order valence-corrected chi connectivity index (χ2v) is 3.58. The molecule has 0 radical (unpaired) electrons. The number of rotatable bonds is 5. The number of nitrogens with two attached hydrogens (primary N) is 1. The first-order valence-corrected chi connectivity index (χ1v) is 5.53. The average Bonchev–Trinajstić information content (AvgIpc) is 2.86. The van der Waals surface area contributed by atoms with E-state index in [1.165, 1.54) is 0 Å². The monoisotopic (exact) mass is 232 g/mol. The van der Waals surface area contributed by atoms with Crippen LogP contribution in [0.25, 0.3) is 0 Å². The summed E-state index contributed by atoms with van der Waals surface area (Å²) in [5.41, 5.74) is 3.77. The summed E-state index contributed by atoms with van der Waals surface area (Å²) in [5, 5.41) is 0. The molecular formula is C12H16N4O. The lowest BCUT2D eigenvalue weighted by Crippen LogP contribution is -2.29. The zero-order valence-corrected chi connectivity index (χ0v) is 9.68. The van der Waals surface area contributed by atoms with E-state index in [0.717, 1.165) is 17.1 Å². The van der Waals surface area contributed by atoms with Gasteiger partial charge in [-0.15, -0.1) is 0 Å². The molecule has 4 N–H and O–H groups in total. The number of hydrazine groups is 1. The van der Waals surface area contributed by atoms with Crippen LogP contribution in [-0.4, -0.2) is 16.6 Å². The van der Waals surface area contributed by atoms with Gasteiger partial charge in [-0.25, -0.2) is 10.4 Å². The van der Waals surface area contributed by atoms with Gasteiger partial charge in [0.1, 0.15) is 17.6 Å². The van der Waals surface area contributed by atoms with E-state index >= 15 is 0 Å². The number of ether oxygens (including phenoxy) is 1. The number of benzene rings is 1. The molecular weight excluding hydrogens is 216 g/mol. The molecule has 0 aliphatic heterocycles. The highest BCUT2D eigenvalue weighted by Crippen LogP contribution is 2.20. The zero-order chi connectivity index (χ0) is 12.1. The van der Waals surface area contributed by atoms with Gasteiger partial charge in [-0.1, -0.05) is 12.1 Å². The summed E-state index contributed by atoms with van der Waals surface area (Å²) in [6.07, 6.45) is 3.47. The van der Waals surface area contributed by atoms with Crippen LogP contribution in [0.3, 0.4) is 0 Å². The Hall–Kier alpha value is -1.85. The predicted octanol–water partition coefficient (Wildman–Crippen LogP) is 1.36. The Bertz CT molecular complexity index is 438. The van der Waals surface area contributed by atoms with E-state index in [1.54, 1.807) is 12.4 Å². The fraction of sp³-hybridized carbons (Fsp3) is 0.250. The lowest BCUT2D eigenvalue weighted by Gasteiger charge is -2.14. The third-order valence-electron chi connectivity index (χ3n) is 2.48. The maximum absolute atomic E-state index is 5.55. The van der Waals surface area contributed by atoms with Crippen LogP contribution in [0.15, 0.2) is 36.7 Å². The number of hydrogen-bond acceptors (Lipinski definition) is 4. The molecule has 1 heterocycles. The van der Waals surface area contributed by atoms with Gasteiger partial charge in [0.2, 0.25) is 0 Å². The van der Waals surface area contributed by atoms with Crippen molar-refractivity contribution in [3.05, 3.63) is 48.0 Å². The summed E-state index contributed by atoms with van der Waals surface area (Å²) < 4.78 is 5.39. The lowest BCUT2D eigenvalue weighted by molar-refractivity contribution is 0.340. The smallest absolute Gasteiger partial charge is 0.129 e. The van der Waals surface area contributed by atoms with Crippen molar-refractivity contribution in [2.24, 2.45) is 5.84 Å². The Morgan fingerprint density at radius 3 is 2.71 bits per heavy atom. The first-order valence-electron chi connectivity index (χ1n) is 5.53. The van der Waals surface area contributed by atoms with Gasteiger partial charge < -0.3 is 9.72 Å². The second kappa shape index (κ2) is 5.47. The number of imidazole rings is 1. The van der Waals surface area contributed by atoms with Crippen molar-refractivity contribution in [3.63, 3.8) is 0 Å². The van der Waals surface area contributed by atoms with Gasteiger partial charge in [0.25, 0.3) is 0 Å². The Morgan fingerprint density at radius 2 is 2.18 bits per heavy atom. The minimum atomic E-state index is -0.138. The fourth-order valence-corrected chi connectivity index (χ4v) is 1.69. The zero-order valence-electron chi connectivity index (χ0n) is 9.68. The predicted molar refractivity (Wildman–Crippen MR) is 65.4 cm³/mol. The minimum absolute atomic E-state index is 0.138. The number of aromatic amines is 1. The molecule has 1 aromatic heterocycles. The van der Waals surface area contributed by atoms with Gasteiger partial charge in [0.05, 0.1) is 6.61 Å². The highest BCUT2D eigenvalue weighted by Gasteiger charge is 2.14. The molecule has 0 bridgehead atoms. The quantitative estimate of drug-likeness (QED) is 0.537. The van der Waals surface area contributed by atoms with E-state index in [9.17, 15) is 0 Å². The first kappa shape index (κ1) is 11.6.